The fourth-order valence-electron chi connectivity index (χ4n) is 2.95. The van der Waals surface area contributed by atoms with Crippen LogP contribution in [-0.2, 0) is 0 Å². The monoisotopic (exact) mass is 416 g/mol. The third kappa shape index (κ3) is 4.27. The Morgan fingerprint density at radius 2 is 1.89 bits per heavy atom. The molecular formula is C19H17ClN4O3S. The molecule has 1 saturated heterocycles. The van der Waals surface area contributed by atoms with Gasteiger partial charge < -0.3 is 25.3 Å². The lowest BCUT2D eigenvalue weighted by molar-refractivity contribution is 0.0697. The zero-order valence-electron chi connectivity index (χ0n) is 14.7. The summed E-state index contributed by atoms with van der Waals surface area (Å²) in [6.45, 7) is 2.75. The van der Waals surface area contributed by atoms with E-state index in [-0.39, 0.29) is 21.9 Å². The van der Waals surface area contributed by atoms with Gasteiger partial charge in [0.1, 0.15) is 11.8 Å². The second-order valence-corrected chi connectivity index (χ2v) is 7.01. The number of phenols is 1. The number of halogens is 1. The van der Waals surface area contributed by atoms with Crippen molar-refractivity contribution in [2.75, 3.05) is 36.4 Å². The van der Waals surface area contributed by atoms with E-state index in [0.717, 1.165) is 5.69 Å². The molecule has 1 aliphatic heterocycles. The highest BCUT2D eigenvalue weighted by Gasteiger charge is 2.20. The van der Waals surface area contributed by atoms with Gasteiger partial charge in [-0.05, 0) is 42.5 Å². The molecule has 0 unspecified atom stereocenters. The van der Waals surface area contributed by atoms with Gasteiger partial charge in [-0.3, -0.25) is 0 Å². The van der Waals surface area contributed by atoms with Crippen molar-refractivity contribution in [1.29, 1.82) is 5.26 Å². The number of thiocarbonyl (C=S) groups is 1. The minimum absolute atomic E-state index is 0.0266. The lowest BCUT2D eigenvalue weighted by Gasteiger charge is -2.37. The maximum atomic E-state index is 11.0. The normalized spacial score (nSPS) is 13.7. The molecule has 2 aromatic rings. The molecule has 1 fully saturated rings. The van der Waals surface area contributed by atoms with E-state index >= 15 is 0 Å². The highest BCUT2D eigenvalue weighted by atomic mass is 35.5. The predicted molar refractivity (Wildman–Crippen MR) is 111 cm³/mol. The molecule has 144 valence electrons. The number of anilines is 2. The Bertz CT molecular complexity index is 968. The van der Waals surface area contributed by atoms with E-state index in [1.807, 2.05) is 17.0 Å². The van der Waals surface area contributed by atoms with Crippen molar-refractivity contribution in [1.82, 2.24) is 4.90 Å². The van der Waals surface area contributed by atoms with Gasteiger partial charge in [-0.1, -0.05) is 11.6 Å². The number of hydrogen-bond acceptors (Lipinski definition) is 5. The number of carboxylic acids is 1. The van der Waals surface area contributed by atoms with Crippen molar-refractivity contribution in [3.8, 4) is 11.8 Å². The van der Waals surface area contributed by atoms with Crippen LogP contribution >= 0.6 is 23.8 Å². The third-order valence-electron chi connectivity index (χ3n) is 4.48. The van der Waals surface area contributed by atoms with E-state index in [0.29, 0.717) is 37.0 Å². The third-order valence-corrected chi connectivity index (χ3v) is 5.16. The Balaban J connectivity index is 1.59. The molecule has 1 heterocycles. The quantitative estimate of drug-likeness (QED) is 0.656. The molecule has 1 aliphatic rings. The molecule has 0 saturated carbocycles. The number of benzene rings is 2. The van der Waals surface area contributed by atoms with Gasteiger partial charge in [0.25, 0.3) is 0 Å². The van der Waals surface area contributed by atoms with E-state index in [2.05, 4.69) is 10.2 Å². The second kappa shape index (κ2) is 8.33. The van der Waals surface area contributed by atoms with E-state index in [1.54, 1.807) is 18.2 Å². The SMILES string of the molecule is N#Cc1ccc(N2CCN(C(=S)Nc3ccc(C(=O)O)c(Cl)c3)CC2)cc1O. The summed E-state index contributed by atoms with van der Waals surface area (Å²) in [5, 5.41) is 31.6. The van der Waals surface area contributed by atoms with E-state index in [4.69, 9.17) is 34.2 Å². The second-order valence-electron chi connectivity index (χ2n) is 6.22. The van der Waals surface area contributed by atoms with Crippen molar-refractivity contribution < 1.29 is 15.0 Å². The maximum absolute atomic E-state index is 11.0. The minimum Gasteiger partial charge on any atom is -0.506 e. The average molecular weight is 417 g/mol. The Morgan fingerprint density at radius 3 is 2.46 bits per heavy atom. The van der Waals surface area contributed by atoms with Crippen LogP contribution in [0, 0.1) is 11.3 Å². The van der Waals surface area contributed by atoms with Gasteiger partial charge in [0.2, 0.25) is 0 Å². The van der Waals surface area contributed by atoms with Crippen molar-refractivity contribution in [2.24, 2.45) is 0 Å². The summed E-state index contributed by atoms with van der Waals surface area (Å²) < 4.78 is 0. The molecule has 28 heavy (non-hydrogen) atoms. The van der Waals surface area contributed by atoms with Gasteiger partial charge in [-0.2, -0.15) is 5.26 Å². The minimum atomic E-state index is -1.08. The summed E-state index contributed by atoms with van der Waals surface area (Å²) in [6.07, 6.45) is 0. The molecule has 0 amide bonds. The number of aromatic carboxylic acids is 1. The highest BCUT2D eigenvalue weighted by molar-refractivity contribution is 7.80. The lowest BCUT2D eigenvalue weighted by Crippen LogP contribution is -2.50. The number of nitriles is 1. The number of piperazine rings is 1. The van der Waals surface area contributed by atoms with Crippen LogP contribution in [-0.4, -0.2) is 52.4 Å². The number of rotatable bonds is 3. The van der Waals surface area contributed by atoms with E-state index in [1.165, 1.54) is 12.1 Å². The van der Waals surface area contributed by atoms with Crippen LogP contribution in [0.3, 0.4) is 0 Å². The van der Waals surface area contributed by atoms with Gasteiger partial charge >= 0.3 is 5.97 Å². The number of phenolic OH excluding ortho intramolecular Hbond substituents is 1. The van der Waals surface area contributed by atoms with Gasteiger partial charge in [0.05, 0.1) is 16.1 Å². The van der Waals surface area contributed by atoms with Crippen LogP contribution in [0.2, 0.25) is 5.02 Å². The molecule has 3 rings (SSSR count). The number of carboxylic acid groups (broad SMARTS) is 1. The number of nitrogens with zero attached hydrogens (tertiary/aromatic N) is 3. The zero-order chi connectivity index (χ0) is 20.3. The molecule has 0 aliphatic carbocycles. The predicted octanol–water partition coefficient (Wildman–Crippen LogP) is 3.13. The Labute approximate surface area is 172 Å². The molecule has 0 bridgehead atoms. The fraction of sp³-hybridized carbons (Fsp3) is 0.211. The van der Waals surface area contributed by atoms with Gasteiger partial charge in [0, 0.05) is 43.6 Å². The summed E-state index contributed by atoms with van der Waals surface area (Å²) in [7, 11) is 0. The largest absolute Gasteiger partial charge is 0.506 e. The average Bonchev–Trinajstić information content (AvgIpc) is 2.67. The van der Waals surface area contributed by atoms with E-state index < -0.39 is 5.97 Å². The molecule has 7 nitrogen and oxygen atoms in total. The first-order valence-electron chi connectivity index (χ1n) is 8.46. The number of carbonyl (C=O) groups is 1. The van der Waals surface area contributed by atoms with Gasteiger partial charge in [-0.15, -0.1) is 0 Å². The first-order chi connectivity index (χ1) is 13.4. The van der Waals surface area contributed by atoms with Gasteiger partial charge in [0.15, 0.2) is 5.11 Å². The van der Waals surface area contributed by atoms with Crippen molar-refractivity contribution >= 4 is 46.3 Å². The zero-order valence-corrected chi connectivity index (χ0v) is 16.3. The standard InChI is InChI=1S/C19H17ClN4O3S/c20-16-9-13(2-4-15(16)18(26)27)22-19(28)24-7-5-23(6-8-24)14-3-1-12(11-21)17(25)10-14/h1-4,9-10,25H,5-8H2,(H,22,28)(H,26,27). The van der Waals surface area contributed by atoms with Crippen LogP contribution < -0.4 is 10.2 Å². The van der Waals surface area contributed by atoms with Crippen LogP contribution in [0.4, 0.5) is 11.4 Å². The highest BCUT2D eigenvalue weighted by Crippen LogP contribution is 2.25. The molecule has 3 N–H and O–H groups in total. The van der Waals surface area contributed by atoms with Crippen molar-refractivity contribution in [2.45, 2.75) is 0 Å². The Morgan fingerprint density at radius 1 is 1.18 bits per heavy atom. The van der Waals surface area contributed by atoms with Gasteiger partial charge in [-0.25, -0.2) is 4.79 Å². The fourth-order valence-corrected chi connectivity index (χ4v) is 3.51. The number of hydrogen-bond donors (Lipinski definition) is 3. The van der Waals surface area contributed by atoms with E-state index in [9.17, 15) is 9.90 Å². The Kier molecular flexibility index (Phi) is 5.87. The van der Waals surface area contributed by atoms with Crippen LogP contribution in [0.1, 0.15) is 15.9 Å². The summed E-state index contributed by atoms with van der Waals surface area (Å²) in [5.41, 5.74) is 1.77. The lowest BCUT2D eigenvalue weighted by atomic mass is 10.1. The Hall–Kier alpha value is -3.02. The summed E-state index contributed by atoms with van der Waals surface area (Å²) in [6, 6.07) is 11.5. The summed E-state index contributed by atoms with van der Waals surface area (Å²) in [5.74, 6) is -1.11. The van der Waals surface area contributed by atoms with Crippen LogP contribution in [0.5, 0.6) is 5.75 Å². The molecule has 2 aromatic carbocycles. The molecule has 0 atom stereocenters. The van der Waals surface area contributed by atoms with Crippen molar-refractivity contribution in [3.63, 3.8) is 0 Å². The maximum Gasteiger partial charge on any atom is 0.337 e. The first-order valence-corrected chi connectivity index (χ1v) is 9.24. The van der Waals surface area contributed by atoms with Crippen LogP contribution in [0.15, 0.2) is 36.4 Å². The number of aromatic hydroxyl groups is 1. The molecular weight excluding hydrogens is 400 g/mol. The topological polar surface area (TPSA) is 99.8 Å². The van der Waals surface area contributed by atoms with Crippen LogP contribution in [0.25, 0.3) is 0 Å². The molecule has 0 aromatic heterocycles. The van der Waals surface area contributed by atoms with Crippen molar-refractivity contribution in [3.05, 3.63) is 52.5 Å². The summed E-state index contributed by atoms with van der Waals surface area (Å²) in [4.78, 5) is 15.2. The smallest absolute Gasteiger partial charge is 0.337 e. The first kappa shape index (κ1) is 19.7. The number of nitrogens with one attached hydrogen (secondary N) is 1. The molecule has 9 heteroatoms. The summed E-state index contributed by atoms with van der Waals surface area (Å²) >= 11 is 11.4. The molecule has 0 radical (unpaired) electrons. The molecule has 0 spiro atoms.